The smallest absolute Gasteiger partial charge is 0.410 e. The summed E-state index contributed by atoms with van der Waals surface area (Å²) in [5, 5.41) is 20.5. The minimum atomic E-state index is -1.34. The number of nitro benzene ring substituents is 1. The molecule has 0 bridgehead atoms. The SMILES string of the molecule is CC(C)(C)OC(=O)N(CCc1ccc(-c2ccc(C(=O)O)c([N+](=O)[O-])c2)cc1)Cc1ccccc1. The van der Waals surface area contributed by atoms with Crippen LogP contribution >= 0.6 is 0 Å². The number of hydrogen-bond acceptors (Lipinski definition) is 5. The van der Waals surface area contributed by atoms with E-state index in [1.165, 1.54) is 12.1 Å². The molecule has 0 spiro atoms. The van der Waals surface area contributed by atoms with E-state index < -0.39 is 22.2 Å². The van der Waals surface area contributed by atoms with E-state index in [-0.39, 0.29) is 11.7 Å². The zero-order valence-corrected chi connectivity index (χ0v) is 19.9. The predicted octanol–water partition coefficient (Wildman–Crippen LogP) is 5.94. The molecule has 3 rings (SSSR count). The van der Waals surface area contributed by atoms with Crippen LogP contribution in [0.3, 0.4) is 0 Å². The summed E-state index contributed by atoms with van der Waals surface area (Å²) < 4.78 is 5.58. The number of ether oxygens (including phenoxy) is 1. The largest absolute Gasteiger partial charge is 0.477 e. The normalized spacial score (nSPS) is 11.1. The number of carbonyl (C=O) groups excluding carboxylic acids is 1. The number of carboxylic acid groups (broad SMARTS) is 1. The summed E-state index contributed by atoms with van der Waals surface area (Å²) in [6.07, 6.45) is 0.202. The van der Waals surface area contributed by atoms with Gasteiger partial charge in [0.25, 0.3) is 5.69 Å². The first-order chi connectivity index (χ1) is 16.5. The summed E-state index contributed by atoms with van der Waals surface area (Å²) in [6.45, 7) is 6.36. The number of hydrogen-bond donors (Lipinski definition) is 1. The molecule has 3 aromatic rings. The van der Waals surface area contributed by atoms with Gasteiger partial charge in [-0.15, -0.1) is 0 Å². The summed E-state index contributed by atoms with van der Waals surface area (Å²) in [5.74, 6) is -1.34. The van der Waals surface area contributed by atoms with Gasteiger partial charge in [-0.05, 0) is 55.5 Å². The van der Waals surface area contributed by atoms with Crippen LogP contribution in [0.25, 0.3) is 11.1 Å². The number of carbonyl (C=O) groups is 2. The predicted molar refractivity (Wildman–Crippen MR) is 132 cm³/mol. The number of nitrogens with zero attached hydrogens (tertiary/aromatic N) is 2. The van der Waals surface area contributed by atoms with Crippen molar-refractivity contribution in [2.24, 2.45) is 0 Å². The van der Waals surface area contributed by atoms with Crippen LogP contribution < -0.4 is 0 Å². The highest BCUT2D eigenvalue weighted by molar-refractivity contribution is 5.93. The Labute approximate surface area is 203 Å². The molecule has 8 heteroatoms. The molecule has 0 radical (unpaired) electrons. The number of amides is 1. The molecule has 1 amide bonds. The van der Waals surface area contributed by atoms with Crippen LogP contribution in [0.5, 0.6) is 0 Å². The van der Waals surface area contributed by atoms with Crippen molar-refractivity contribution in [1.82, 2.24) is 4.90 Å². The van der Waals surface area contributed by atoms with Gasteiger partial charge >= 0.3 is 12.1 Å². The fourth-order valence-electron chi connectivity index (χ4n) is 3.54. The van der Waals surface area contributed by atoms with Gasteiger partial charge < -0.3 is 14.7 Å². The summed E-state index contributed by atoms with van der Waals surface area (Å²) in [7, 11) is 0. The molecule has 0 fully saturated rings. The molecule has 1 N–H and O–H groups in total. The molecule has 0 saturated carbocycles. The lowest BCUT2D eigenvalue weighted by molar-refractivity contribution is -0.385. The first-order valence-corrected chi connectivity index (χ1v) is 11.2. The molecule has 0 atom stereocenters. The monoisotopic (exact) mass is 476 g/mol. The lowest BCUT2D eigenvalue weighted by atomic mass is 10.0. The Morgan fingerprint density at radius 1 is 0.943 bits per heavy atom. The molecular formula is C27H28N2O6. The Kier molecular flexibility index (Phi) is 7.86. The Morgan fingerprint density at radius 3 is 2.14 bits per heavy atom. The van der Waals surface area contributed by atoms with E-state index in [0.717, 1.165) is 16.7 Å². The average Bonchev–Trinajstić information content (AvgIpc) is 2.81. The van der Waals surface area contributed by atoms with Crippen molar-refractivity contribution in [2.75, 3.05) is 6.54 Å². The number of nitro groups is 1. The van der Waals surface area contributed by atoms with E-state index in [9.17, 15) is 19.7 Å². The van der Waals surface area contributed by atoms with E-state index in [1.54, 1.807) is 11.0 Å². The van der Waals surface area contributed by atoms with Crippen molar-refractivity contribution in [1.29, 1.82) is 0 Å². The van der Waals surface area contributed by atoms with Crippen molar-refractivity contribution >= 4 is 17.7 Å². The second-order valence-electron chi connectivity index (χ2n) is 9.13. The first-order valence-electron chi connectivity index (χ1n) is 11.2. The maximum absolute atomic E-state index is 12.8. The van der Waals surface area contributed by atoms with Crippen molar-refractivity contribution in [2.45, 2.75) is 39.3 Å². The van der Waals surface area contributed by atoms with Gasteiger partial charge in [-0.25, -0.2) is 9.59 Å². The quantitative estimate of drug-likeness (QED) is 0.318. The Bertz CT molecular complexity index is 1200. The lowest BCUT2D eigenvalue weighted by Crippen LogP contribution is -2.37. The third kappa shape index (κ3) is 7.14. The maximum atomic E-state index is 12.8. The summed E-state index contributed by atoms with van der Waals surface area (Å²) in [5.41, 5.74) is 1.85. The van der Waals surface area contributed by atoms with Gasteiger partial charge in [0.15, 0.2) is 0 Å². The van der Waals surface area contributed by atoms with Gasteiger partial charge in [-0.3, -0.25) is 10.1 Å². The van der Waals surface area contributed by atoms with Crippen LogP contribution in [-0.4, -0.2) is 39.1 Å². The van der Waals surface area contributed by atoms with Crippen molar-refractivity contribution < 1.29 is 24.4 Å². The fraction of sp³-hybridized carbons (Fsp3) is 0.259. The molecule has 8 nitrogen and oxygen atoms in total. The van der Waals surface area contributed by atoms with Crippen LogP contribution in [-0.2, 0) is 17.7 Å². The Hall–Kier alpha value is -4.20. The highest BCUT2D eigenvalue weighted by Gasteiger charge is 2.23. The van der Waals surface area contributed by atoms with Gasteiger partial charge in [0.05, 0.1) is 4.92 Å². The van der Waals surface area contributed by atoms with Crippen LogP contribution in [0.1, 0.15) is 42.3 Å². The molecule has 0 saturated heterocycles. The third-order valence-electron chi connectivity index (χ3n) is 5.25. The zero-order chi connectivity index (χ0) is 25.6. The molecule has 3 aromatic carbocycles. The van der Waals surface area contributed by atoms with E-state index in [4.69, 9.17) is 9.84 Å². The minimum Gasteiger partial charge on any atom is -0.477 e. The Balaban J connectivity index is 1.74. The van der Waals surface area contributed by atoms with Crippen LogP contribution in [0.4, 0.5) is 10.5 Å². The molecule has 0 aliphatic carbocycles. The van der Waals surface area contributed by atoms with Crippen LogP contribution in [0.15, 0.2) is 72.8 Å². The summed E-state index contributed by atoms with van der Waals surface area (Å²) >= 11 is 0. The van der Waals surface area contributed by atoms with Gasteiger partial charge in [0, 0.05) is 19.2 Å². The van der Waals surface area contributed by atoms with E-state index in [2.05, 4.69) is 0 Å². The van der Waals surface area contributed by atoms with Gasteiger partial charge in [-0.1, -0.05) is 60.7 Å². The van der Waals surface area contributed by atoms with Gasteiger partial charge in [0.2, 0.25) is 0 Å². The van der Waals surface area contributed by atoms with Crippen molar-refractivity contribution in [3.8, 4) is 11.1 Å². The standard InChI is InChI=1S/C27H28N2O6/c1-27(2,3)35-26(32)28(18-20-7-5-4-6-8-20)16-15-19-9-11-21(12-10-19)22-13-14-23(25(30)31)24(17-22)29(33)34/h4-14,17H,15-16,18H2,1-3H3,(H,30,31). The van der Waals surface area contributed by atoms with E-state index >= 15 is 0 Å². The number of benzene rings is 3. The third-order valence-corrected chi connectivity index (χ3v) is 5.25. The highest BCUT2D eigenvalue weighted by Crippen LogP contribution is 2.28. The Morgan fingerprint density at radius 2 is 1.57 bits per heavy atom. The topological polar surface area (TPSA) is 110 Å². The van der Waals surface area contributed by atoms with E-state index in [0.29, 0.717) is 25.1 Å². The zero-order valence-electron chi connectivity index (χ0n) is 19.9. The van der Waals surface area contributed by atoms with Gasteiger partial charge in [-0.2, -0.15) is 0 Å². The van der Waals surface area contributed by atoms with Crippen molar-refractivity contribution in [3.05, 3.63) is 99.6 Å². The van der Waals surface area contributed by atoms with Gasteiger partial charge in [0.1, 0.15) is 11.2 Å². The molecule has 35 heavy (non-hydrogen) atoms. The van der Waals surface area contributed by atoms with Crippen LogP contribution in [0.2, 0.25) is 0 Å². The van der Waals surface area contributed by atoms with Crippen LogP contribution in [0, 0.1) is 10.1 Å². The fourth-order valence-corrected chi connectivity index (χ4v) is 3.54. The molecule has 0 unspecified atom stereocenters. The van der Waals surface area contributed by atoms with Crippen molar-refractivity contribution in [3.63, 3.8) is 0 Å². The summed E-state index contributed by atoms with van der Waals surface area (Å²) in [6, 6.07) is 21.2. The second kappa shape index (κ2) is 10.8. The molecule has 0 aliphatic heterocycles. The first kappa shape index (κ1) is 25.4. The number of aromatic carboxylic acids is 1. The number of carboxylic acids is 1. The molecule has 0 aromatic heterocycles. The summed E-state index contributed by atoms with van der Waals surface area (Å²) in [4.78, 5) is 36.3. The molecular weight excluding hydrogens is 448 g/mol. The molecule has 0 aliphatic rings. The minimum absolute atomic E-state index is 0.351. The average molecular weight is 477 g/mol. The second-order valence-corrected chi connectivity index (χ2v) is 9.13. The molecule has 0 heterocycles. The highest BCUT2D eigenvalue weighted by atomic mass is 16.6. The maximum Gasteiger partial charge on any atom is 0.410 e. The van der Waals surface area contributed by atoms with E-state index in [1.807, 2.05) is 75.4 Å². The number of rotatable bonds is 8. The molecule has 182 valence electrons. The lowest BCUT2D eigenvalue weighted by Gasteiger charge is -2.27.